The average Bonchev–Trinajstić information content (AvgIpc) is 2.37. The van der Waals surface area contributed by atoms with Crippen molar-refractivity contribution in [2.24, 2.45) is 0 Å². The molecule has 92 valence electrons. The first-order valence-electron chi connectivity index (χ1n) is 5.02. The highest BCUT2D eigenvalue weighted by atomic mass is 79.9. The van der Waals surface area contributed by atoms with Gasteiger partial charge >= 0.3 is 5.97 Å². The highest BCUT2D eigenvalue weighted by molar-refractivity contribution is 9.09. The highest BCUT2D eigenvalue weighted by Gasteiger charge is 2.14. The number of carbonyl (C=O) groups is 2. The molecule has 0 aromatic heterocycles. The molecule has 1 aromatic carbocycles. The molecule has 0 bridgehead atoms. The zero-order valence-electron chi connectivity index (χ0n) is 9.60. The molecule has 4 nitrogen and oxygen atoms in total. The normalized spacial score (nSPS) is 11.7. The molecule has 0 heterocycles. The van der Waals surface area contributed by atoms with E-state index in [0.717, 1.165) is 0 Å². The molecule has 0 radical (unpaired) electrons. The lowest BCUT2D eigenvalue weighted by Crippen LogP contribution is -2.24. The maximum atomic E-state index is 11.3. The van der Waals surface area contributed by atoms with Crippen LogP contribution in [0, 0.1) is 0 Å². The molecule has 1 rings (SSSR count). The molecule has 5 heteroatoms. The molecule has 17 heavy (non-hydrogen) atoms. The topological polar surface area (TPSA) is 52.6 Å². The first kappa shape index (κ1) is 13.7. The van der Waals surface area contributed by atoms with Crippen LogP contribution in [0.25, 0.3) is 0 Å². The van der Waals surface area contributed by atoms with Crippen molar-refractivity contribution in [3.05, 3.63) is 29.8 Å². The van der Waals surface area contributed by atoms with Gasteiger partial charge in [-0.25, -0.2) is 4.79 Å². The average molecular weight is 301 g/mol. The fourth-order valence-electron chi connectivity index (χ4n) is 1.21. The quantitative estimate of drug-likeness (QED) is 0.475. The van der Waals surface area contributed by atoms with Crippen molar-refractivity contribution in [1.29, 1.82) is 0 Å². The van der Waals surface area contributed by atoms with E-state index in [1.165, 1.54) is 7.11 Å². The zero-order valence-corrected chi connectivity index (χ0v) is 11.2. The fourth-order valence-corrected chi connectivity index (χ4v) is 1.54. The van der Waals surface area contributed by atoms with E-state index in [9.17, 15) is 9.59 Å². The Kier molecular flexibility index (Phi) is 5.15. The van der Waals surface area contributed by atoms with Crippen LogP contribution in [0.4, 0.5) is 0 Å². The number of hydrogen-bond donors (Lipinski definition) is 0. The molecule has 1 aromatic rings. The number of ether oxygens (including phenoxy) is 2. The van der Waals surface area contributed by atoms with Crippen molar-refractivity contribution in [2.45, 2.75) is 13.0 Å². The number of methoxy groups -OCH3 is 1. The second-order valence-electron chi connectivity index (χ2n) is 3.36. The number of benzene rings is 1. The summed E-state index contributed by atoms with van der Waals surface area (Å²) in [6, 6.07) is 6.61. The van der Waals surface area contributed by atoms with Gasteiger partial charge in [0.1, 0.15) is 5.75 Å². The zero-order chi connectivity index (χ0) is 12.8. The van der Waals surface area contributed by atoms with E-state index >= 15 is 0 Å². The fraction of sp³-hybridized carbons (Fsp3) is 0.333. The molecule has 0 N–H and O–H groups in total. The molecule has 0 aliphatic heterocycles. The van der Waals surface area contributed by atoms with Crippen molar-refractivity contribution in [2.75, 3.05) is 12.4 Å². The van der Waals surface area contributed by atoms with Gasteiger partial charge in [0, 0.05) is 5.56 Å². The van der Waals surface area contributed by atoms with Crippen LogP contribution in [0.3, 0.4) is 0 Å². The molecular weight excluding hydrogens is 288 g/mol. The lowest BCUT2D eigenvalue weighted by Gasteiger charge is -2.12. The van der Waals surface area contributed by atoms with Crippen LogP contribution >= 0.6 is 15.9 Å². The van der Waals surface area contributed by atoms with Crippen molar-refractivity contribution in [3.8, 4) is 5.75 Å². The smallest absolute Gasteiger partial charge is 0.346 e. The molecule has 0 amide bonds. The number of alkyl halides is 1. The molecule has 0 aliphatic rings. The third-order valence-corrected chi connectivity index (χ3v) is 2.65. The molecule has 0 saturated carbocycles. The van der Waals surface area contributed by atoms with Gasteiger partial charge in [0.25, 0.3) is 0 Å². The summed E-state index contributed by atoms with van der Waals surface area (Å²) in [7, 11) is 1.31. The van der Waals surface area contributed by atoms with Crippen LogP contribution in [0.1, 0.15) is 17.3 Å². The monoisotopic (exact) mass is 300 g/mol. The summed E-state index contributed by atoms with van der Waals surface area (Å²) in [5.74, 6) is 0.0807. The second-order valence-corrected chi connectivity index (χ2v) is 3.93. The Bertz CT molecular complexity index is 399. The summed E-state index contributed by atoms with van der Waals surface area (Å²) in [5.41, 5.74) is 0.597. The van der Waals surface area contributed by atoms with E-state index in [0.29, 0.717) is 11.3 Å². The predicted molar refractivity (Wildman–Crippen MR) is 66.7 cm³/mol. The molecule has 0 spiro atoms. The Morgan fingerprint density at radius 3 is 2.35 bits per heavy atom. The number of carbonyl (C=O) groups excluding carboxylic acids is 2. The van der Waals surface area contributed by atoms with Gasteiger partial charge in [-0.1, -0.05) is 15.9 Å². The first-order chi connectivity index (χ1) is 8.08. The summed E-state index contributed by atoms with van der Waals surface area (Å²) < 4.78 is 9.88. The molecule has 0 fully saturated rings. The van der Waals surface area contributed by atoms with E-state index < -0.39 is 12.1 Å². The highest BCUT2D eigenvalue weighted by Crippen LogP contribution is 2.15. The van der Waals surface area contributed by atoms with Crippen molar-refractivity contribution >= 4 is 27.7 Å². The second kappa shape index (κ2) is 6.39. The van der Waals surface area contributed by atoms with Gasteiger partial charge in [0.15, 0.2) is 11.9 Å². The summed E-state index contributed by atoms with van der Waals surface area (Å²) in [6.07, 6.45) is -0.669. The predicted octanol–water partition coefficient (Wildman–Crippen LogP) is 2.20. The number of Topliss-reactive ketones (excluding diaryl/α,β-unsaturated/α-hetero) is 1. The first-order valence-corrected chi connectivity index (χ1v) is 6.14. The number of hydrogen-bond acceptors (Lipinski definition) is 4. The van der Waals surface area contributed by atoms with Crippen LogP contribution in [-0.2, 0) is 9.53 Å². The van der Waals surface area contributed by atoms with E-state index in [2.05, 4.69) is 20.7 Å². The Morgan fingerprint density at radius 1 is 1.29 bits per heavy atom. The standard InChI is InChI=1S/C12H13BrO4/c1-8(12(15)16-2)17-10-5-3-9(4-6-10)11(14)7-13/h3-6,8H,7H2,1-2H3. The minimum absolute atomic E-state index is 0.00225. The third-order valence-electron chi connectivity index (χ3n) is 2.14. The van der Waals surface area contributed by atoms with Gasteiger partial charge < -0.3 is 9.47 Å². The van der Waals surface area contributed by atoms with E-state index in [4.69, 9.17) is 4.74 Å². The number of esters is 1. The Hall–Kier alpha value is -1.36. The van der Waals surface area contributed by atoms with E-state index in [1.807, 2.05) is 0 Å². The maximum Gasteiger partial charge on any atom is 0.346 e. The molecule has 1 atom stereocenters. The minimum Gasteiger partial charge on any atom is -0.479 e. The minimum atomic E-state index is -0.669. The lowest BCUT2D eigenvalue weighted by atomic mass is 10.1. The van der Waals surface area contributed by atoms with Gasteiger partial charge in [0.2, 0.25) is 0 Å². The summed E-state index contributed by atoms with van der Waals surface area (Å²) in [6.45, 7) is 1.60. The Labute approximate surface area is 108 Å². The van der Waals surface area contributed by atoms with Gasteiger partial charge in [-0.3, -0.25) is 4.79 Å². The number of rotatable bonds is 5. The third kappa shape index (κ3) is 3.85. The van der Waals surface area contributed by atoms with Crippen molar-refractivity contribution in [3.63, 3.8) is 0 Å². The maximum absolute atomic E-state index is 11.3. The van der Waals surface area contributed by atoms with Gasteiger partial charge in [-0.15, -0.1) is 0 Å². The largest absolute Gasteiger partial charge is 0.479 e. The van der Waals surface area contributed by atoms with Crippen LogP contribution in [0.15, 0.2) is 24.3 Å². The Balaban J connectivity index is 2.68. The Morgan fingerprint density at radius 2 is 1.88 bits per heavy atom. The summed E-state index contributed by atoms with van der Waals surface area (Å²) >= 11 is 3.10. The van der Waals surface area contributed by atoms with Gasteiger partial charge in [0.05, 0.1) is 12.4 Å². The molecule has 1 unspecified atom stereocenters. The van der Waals surface area contributed by atoms with Crippen molar-refractivity contribution < 1.29 is 19.1 Å². The SMILES string of the molecule is COC(=O)C(C)Oc1ccc(C(=O)CBr)cc1. The van der Waals surface area contributed by atoms with Gasteiger partial charge in [-0.2, -0.15) is 0 Å². The van der Waals surface area contributed by atoms with E-state index in [-0.39, 0.29) is 11.1 Å². The van der Waals surface area contributed by atoms with Crippen LogP contribution in [0.2, 0.25) is 0 Å². The van der Waals surface area contributed by atoms with Crippen molar-refractivity contribution in [1.82, 2.24) is 0 Å². The summed E-state index contributed by atoms with van der Waals surface area (Å²) in [4.78, 5) is 22.5. The van der Waals surface area contributed by atoms with Crippen LogP contribution < -0.4 is 4.74 Å². The molecular formula is C12H13BrO4. The van der Waals surface area contributed by atoms with Gasteiger partial charge in [-0.05, 0) is 31.2 Å². The molecule has 0 aliphatic carbocycles. The van der Waals surface area contributed by atoms with Crippen LogP contribution in [0.5, 0.6) is 5.75 Å². The van der Waals surface area contributed by atoms with Crippen LogP contribution in [-0.4, -0.2) is 30.3 Å². The number of halogens is 1. The molecule has 0 saturated heterocycles. The summed E-state index contributed by atoms with van der Waals surface area (Å²) in [5, 5.41) is 0.283. The number of ketones is 1. The van der Waals surface area contributed by atoms with E-state index in [1.54, 1.807) is 31.2 Å². The lowest BCUT2D eigenvalue weighted by molar-refractivity contribution is -0.147.